The molecule has 0 bridgehead atoms. The van der Waals surface area contributed by atoms with Crippen molar-refractivity contribution in [2.75, 3.05) is 0 Å². The summed E-state index contributed by atoms with van der Waals surface area (Å²) in [6, 6.07) is 13.6. The third-order valence-corrected chi connectivity index (χ3v) is 5.05. The lowest BCUT2D eigenvalue weighted by Crippen LogP contribution is -2.26. The molecule has 1 N–H and O–H groups in total. The predicted molar refractivity (Wildman–Crippen MR) is 97.8 cm³/mol. The zero-order chi connectivity index (χ0) is 16.4. The molecule has 1 heterocycles. The van der Waals surface area contributed by atoms with E-state index in [0.29, 0.717) is 0 Å². The summed E-state index contributed by atoms with van der Waals surface area (Å²) in [5.41, 5.74) is 3.99. The Kier molecular flexibility index (Phi) is 4.25. The monoisotopic (exact) mass is 306 g/mol. The van der Waals surface area contributed by atoms with E-state index in [1.54, 1.807) is 6.33 Å². The summed E-state index contributed by atoms with van der Waals surface area (Å²) in [6.07, 6.45) is 6.39. The Balaban J connectivity index is 0.000000753. The van der Waals surface area contributed by atoms with Crippen LogP contribution in [0.25, 0.3) is 10.8 Å². The van der Waals surface area contributed by atoms with Crippen LogP contribution in [0, 0.1) is 12.8 Å². The highest BCUT2D eigenvalue weighted by molar-refractivity contribution is 5.84. The molecule has 0 spiro atoms. The Labute approximate surface area is 139 Å². The molecule has 1 aromatic heterocycles. The van der Waals surface area contributed by atoms with Gasteiger partial charge in [0.05, 0.1) is 6.33 Å². The largest absolute Gasteiger partial charge is 0.348 e. The lowest BCUT2D eigenvalue weighted by Gasteiger charge is -2.29. The van der Waals surface area contributed by atoms with Gasteiger partial charge in [-0.2, -0.15) is 0 Å². The fourth-order valence-corrected chi connectivity index (χ4v) is 3.50. The first-order valence-electron chi connectivity index (χ1n) is 8.67. The molecule has 1 aliphatic rings. The molecule has 2 nitrogen and oxygen atoms in total. The van der Waals surface area contributed by atoms with E-state index in [1.165, 1.54) is 40.4 Å². The van der Waals surface area contributed by atoms with E-state index in [0.717, 1.165) is 5.92 Å². The first-order valence-corrected chi connectivity index (χ1v) is 8.67. The SMILES string of the molecule is CC.Cc1ccc2cc(C(C)(c3cnc[nH]3)C3CC3)ccc2c1. The van der Waals surface area contributed by atoms with Crippen LogP contribution in [0.3, 0.4) is 0 Å². The van der Waals surface area contributed by atoms with Crippen LogP contribution in [-0.4, -0.2) is 9.97 Å². The maximum atomic E-state index is 4.24. The van der Waals surface area contributed by atoms with Gasteiger partial charge in [-0.1, -0.05) is 55.8 Å². The molecular formula is C21H26N2. The Morgan fingerprint density at radius 1 is 1.04 bits per heavy atom. The molecule has 1 atom stereocenters. The molecule has 2 aromatic carbocycles. The van der Waals surface area contributed by atoms with Crippen molar-refractivity contribution >= 4 is 10.8 Å². The van der Waals surface area contributed by atoms with E-state index in [1.807, 2.05) is 20.0 Å². The second-order valence-electron chi connectivity index (χ2n) is 6.51. The van der Waals surface area contributed by atoms with Crippen LogP contribution in [0.4, 0.5) is 0 Å². The summed E-state index contributed by atoms with van der Waals surface area (Å²) in [5.74, 6) is 0.723. The van der Waals surface area contributed by atoms with Crippen molar-refractivity contribution in [1.29, 1.82) is 0 Å². The number of aryl methyl sites for hydroxylation is 1. The summed E-state index contributed by atoms with van der Waals surface area (Å²) in [5, 5.41) is 2.64. The van der Waals surface area contributed by atoms with Gasteiger partial charge in [0.2, 0.25) is 0 Å². The van der Waals surface area contributed by atoms with Crippen molar-refractivity contribution in [1.82, 2.24) is 9.97 Å². The topological polar surface area (TPSA) is 28.7 Å². The smallest absolute Gasteiger partial charge is 0.0922 e. The van der Waals surface area contributed by atoms with Gasteiger partial charge in [-0.25, -0.2) is 4.98 Å². The molecule has 3 aromatic rings. The average Bonchev–Trinajstić information content (AvgIpc) is 3.30. The Hall–Kier alpha value is -2.09. The zero-order valence-electron chi connectivity index (χ0n) is 14.6. The zero-order valence-corrected chi connectivity index (χ0v) is 14.6. The molecule has 23 heavy (non-hydrogen) atoms. The van der Waals surface area contributed by atoms with Crippen LogP contribution in [0.15, 0.2) is 48.9 Å². The third-order valence-electron chi connectivity index (χ3n) is 5.05. The van der Waals surface area contributed by atoms with Crippen molar-refractivity contribution in [2.45, 2.75) is 46.0 Å². The summed E-state index contributed by atoms with van der Waals surface area (Å²) in [7, 11) is 0. The fraction of sp³-hybridized carbons (Fsp3) is 0.381. The first kappa shape index (κ1) is 15.8. The van der Waals surface area contributed by atoms with Gasteiger partial charge in [-0.05, 0) is 48.9 Å². The van der Waals surface area contributed by atoms with Crippen LogP contribution in [0.2, 0.25) is 0 Å². The van der Waals surface area contributed by atoms with Gasteiger partial charge in [-0.3, -0.25) is 0 Å². The van der Waals surface area contributed by atoms with Crippen LogP contribution < -0.4 is 0 Å². The van der Waals surface area contributed by atoms with Crippen LogP contribution in [0.1, 0.15) is 50.4 Å². The van der Waals surface area contributed by atoms with Gasteiger partial charge >= 0.3 is 0 Å². The summed E-state index contributed by atoms with van der Waals surface area (Å²) < 4.78 is 0. The normalized spacial score (nSPS) is 16.5. The van der Waals surface area contributed by atoms with E-state index in [4.69, 9.17) is 0 Å². The number of benzene rings is 2. The maximum Gasteiger partial charge on any atom is 0.0922 e. The van der Waals surface area contributed by atoms with E-state index >= 15 is 0 Å². The van der Waals surface area contributed by atoms with Crippen LogP contribution in [0.5, 0.6) is 0 Å². The molecule has 1 fully saturated rings. The third kappa shape index (κ3) is 2.78. The minimum atomic E-state index is 0.0512. The first-order chi connectivity index (χ1) is 11.2. The molecule has 0 aliphatic heterocycles. The molecule has 120 valence electrons. The summed E-state index contributed by atoms with van der Waals surface area (Å²) in [4.78, 5) is 7.59. The van der Waals surface area contributed by atoms with E-state index in [2.05, 4.69) is 60.2 Å². The van der Waals surface area contributed by atoms with Gasteiger partial charge < -0.3 is 4.98 Å². The minimum Gasteiger partial charge on any atom is -0.348 e. The highest BCUT2D eigenvalue weighted by Gasteiger charge is 2.45. The Morgan fingerprint density at radius 2 is 1.74 bits per heavy atom. The number of nitrogens with zero attached hydrogens (tertiary/aromatic N) is 1. The number of hydrogen-bond donors (Lipinski definition) is 1. The summed E-state index contributed by atoms with van der Waals surface area (Å²) >= 11 is 0. The fourth-order valence-electron chi connectivity index (χ4n) is 3.50. The Bertz CT molecular complexity index is 785. The van der Waals surface area contributed by atoms with Gasteiger partial charge in [0, 0.05) is 17.3 Å². The number of aromatic amines is 1. The lowest BCUT2D eigenvalue weighted by molar-refractivity contribution is 0.483. The molecule has 0 saturated heterocycles. The van der Waals surface area contributed by atoms with Crippen LogP contribution in [-0.2, 0) is 5.41 Å². The molecular weight excluding hydrogens is 280 g/mol. The molecule has 1 aliphatic carbocycles. The quantitative estimate of drug-likeness (QED) is 0.669. The van der Waals surface area contributed by atoms with Crippen molar-refractivity contribution in [3.8, 4) is 0 Å². The molecule has 1 saturated carbocycles. The number of hydrogen-bond acceptors (Lipinski definition) is 1. The number of fused-ring (bicyclic) bond motifs is 1. The second kappa shape index (κ2) is 6.19. The number of aromatic nitrogens is 2. The number of imidazole rings is 1. The summed E-state index contributed by atoms with van der Waals surface area (Å²) in [6.45, 7) is 8.50. The van der Waals surface area contributed by atoms with E-state index in [9.17, 15) is 0 Å². The van der Waals surface area contributed by atoms with Gasteiger partial charge in [-0.15, -0.1) is 0 Å². The van der Waals surface area contributed by atoms with Gasteiger partial charge in [0.1, 0.15) is 0 Å². The molecule has 1 unspecified atom stereocenters. The molecule has 0 amide bonds. The predicted octanol–water partition coefficient (Wildman–Crippen LogP) is 5.61. The lowest BCUT2D eigenvalue weighted by atomic mass is 9.75. The van der Waals surface area contributed by atoms with Crippen molar-refractivity contribution in [2.24, 2.45) is 5.92 Å². The van der Waals surface area contributed by atoms with E-state index < -0.39 is 0 Å². The van der Waals surface area contributed by atoms with Crippen molar-refractivity contribution in [3.05, 3.63) is 65.7 Å². The molecule has 0 radical (unpaired) electrons. The number of H-pyrrole nitrogens is 1. The standard InChI is InChI=1S/C19H20N2.C2H6/c1-13-3-4-15-10-17(6-5-14(15)9-13)19(2,16-7-8-16)18-11-20-12-21-18;1-2/h3-6,9-12,16H,7-8H2,1-2H3,(H,20,21);1-2H3. The molecule has 2 heteroatoms. The van der Waals surface area contributed by atoms with E-state index in [-0.39, 0.29) is 5.41 Å². The average molecular weight is 306 g/mol. The second-order valence-corrected chi connectivity index (χ2v) is 6.51. The maximum absolute atomic E-state index is 4.24. The Morgan fingerprint density at radius 3 is 2.39 bits per heavy atom. The van der Waals surface area contributed by atoms with Gasteiger partial charge in [0.25, 0.3) is 0 Å². The minimum absolute atomic E-state index is 0.0512. The highest BCUT2D eigenvalue weighted by atomic mass is 14.9. The van der Waals surface area contributed by atoms with Crippen LogP contribution >= 0.6 is 0 Å². The van der Waals surface area contributed by atoms with Crippen molar-refractivity contribution in [3.63, 3.8) is 0 Å². The van der Waals surface area contributed by atoms with Crippen molar-refractivity contribution < 1.29 is 0 Å². The highest BCUT2D eigenvalue weighted by Crippen LogP contribution is 2.50. The number of nitrogens with one attached hydrogen (secondary N) is 1. The molecule has 4 rings (SSSR count). The van der Waals surface area contributed by atoms with Gasteiger partial charge in [0.15, 0.2) is 0 Å². The number of rotatable bonds is 3.